The van der Waals surface area contributed by atoms with Gasteiger partial charge in [0, 0.05) is 50.6 Å². The van der Waals surface area contributed by atoms with E-state index in [1.54, 1.807) is 0 Å². The minimum atomic E-state index is 0.719. The molecule has 0 amide bonds. The molecule has 1 aliphatic carbocycles. The topological polar surface area (TPSA) is 29.3 Å². The number of nitrogens with one attached hydrogen (secondary N) is 1. The van der Waals surface area contributed by atoms with Gasteiger partial charge in [0.2, 0.25) is 0 Å². The number of allylic oxidation sites excluding steroid dienone is 3. The molecule has 216 valence electrons. The molecule has 2 heterocycles. The Balaban J connectivity index is 1.29. The van der Waals surface area contributed by atoms with E-state index < -0.39 is 0 Å². The molecule has 4 aromatic carbocycles. The van der Waals surface area contributed by atoms with Crippen LogP contribution in [0.4, 0.5) is 0 Å². The third kappa shape index (κ3) is 5.01. The fourth-order valence-electron chi connectivity index (χ4n) is 6.33. The zero-order chi connectivity index (χ0) is 30.0. The first-order valence-electron chi connectivity index (χ1n) is 15.2. The molecule has 0 atom stereocenters. The summed E-state index contributed by atoms with van der Waals surface area (Å²) in [5.41, 5.74) is 9.58. The Hall–Kier alpha value is -4.93. The molecule has 1 aliphatic rings. The molecule has 0 spiro atoms. The van der Waals surface area contributed by atoms with Crippen molar-refractivity contribution in [3.63, 3.8) is 0 Å². The SMILES string of the molecule is C=Cc1c(/C=C\C)sc2cc3c(cc12)c1ccccc1n3-c1cccc(-c2cccc(CNC(=NC)C3=CCCC=C3)c2)c1. The molecule has 0 unspecified atom stereocenters. The third-order valence-electron chi connectivity index (χ3n) is 8.39. The molecule has 44 heavy (non-hydrogen) atoms. The van der Waals surface area contributed by atoms with Crippen LogP contribution in [-0.2, 0) is 6.54 Å². The van der Waals surface area contributed by atoms with Crippen LogP contribution in [0, 0.1) is 0 Å². The van der Waals surface area contributed by atoms with Crippen LogP contribution in [0.3, 0.4) is 0 Å². The van der Waals surface area contributed by atoms with E-state index in [1.165, 1.54) is 64.6 Å². The van der Waals surface area contributed by atoms with Crippen molar-refractivity contribution in [1.29, 1.82) is 0 Å². The van der Waals surface area contributed by atoms with Crippen LogP contribution in [0.5, 0.6) is 0 Å². The highest BCUT2D eigenvalue weighted by molar-refractivity contribution is 7.20. The molecular weight excluding hydrogens is 555 g/mol. The summed E-state index contributed by atoms with van der Waals surface area (Å²) < 4.78 is 3.69. The summed E-state index contributed by atoms with van der Waals surface area (Å²) in [6.07, 6.45) is 15.1. The summed E-state index contributed by atoms with van der Waals surface area (Å²) in [5.74, 6) is 0.942. The molecule has 3 nitrogen and oxygen atoms in total. The van der Waals surface area contributed by atoms with Crippen LogP contribution in [-0.4, -0.2) is 17.5 Å². The lowest BCUT2D eigenvalue weighted by Gasteiger charge is -2.14. The highest BCUT2D eigenvalue weighted by Gasteiger charge is 2.17. The third-order valence-corrected chi connectivity index (χ3v) is 9.52. The van der Waals surface area contributed by atoms with Crippen molar-refractivity contribution in [2.75, 3.05) is 7.05 Å². The molecule has 0 saturated heterocycles. The van der Waals surface area contributed by atoms with E-state index in [9.17, 15) is 0 Å². The van der Waals surface area contributed by atoms with Gasteiger partial charge in [0.15, 0.2) is 0 Å². The van der Waals surface area contributed by atoms with Crippen molar-refractivity contribution < 1.29 is 0 Å². The first-order chi connectivity index (χ1) is 21.7. The molecular formula is C40H35N3S. The van der Waals surface area contributed by atoms with Gasteiger partial charge in [0.1, 0.15) is 5.84 Å². The van der Waals surface area contributed by atoms with E-state index in [0.29, 0.717) is 0 Å². The normalized spacial score (nSPS) is 13.8. The van der Waals surface area contributed by atoms with Gasteiger partial charge in [-0.15, -0.1) is 11.3 Å². The van der Waals surface area contributed by atoms with Crippen LogP contribution in [0.15, 0.2) is 126 Å². The maximum Gasteiger partial charge on any atom is 0.127 e. The molecule has 0 radical (unpaired) electrons. The number of aliphatic imine (C=N–C) groups is 1. The first kappa shape index (κ1) is 27.9. The Morgan fingerprint density at radius 3 is 2.55 bits per heavy atom. The number of aromatic nitrogens is 1. The number of hydrogen-bond donors (Lipinski definition) is 1. The Kier molecular flexibility index (Phi) is 7.59. The highest BCUT2D eigenvalue weighted by Crippen LogP contribution is 2.40. The summed E-state index contributed by atoms with van der Waals surface area (Å²) in [6.45, 7) is 6.92. The monoisotopic (exact) mass is 589 g/mol. The van der Waals surface area contributed by atoms with E-state index in [4.69, 9.17) is 0 Å². The summed E-state index contributed by atoms with van der Waals surface area (Å²) in [7, 11) is 1.85. The lowest BCUT2D eigenvalue weighted by molar-refractivity contribution is 0.907. The van der Waals surface area contributed by atoms with Gasteiger partial charge in [-0.25, -0.2) is 0 Å². The zero-order valence-electron chi connectivity index (χ0n) is 25.2. The largest absolute Gasteiger partial charge is 0.366 e. The molecule has 0 fully saturated rings. The van der Waals surface area contributed by atoms with Gasteiger partial charge in [-0.3, -0.25) is 4.99 Å². The second kappa shape index (κ2) is 12.0. The van der Waals surface area contributed by atoms with Gasteiger partial charge in [0.05, 0.1) is 11.0 Å². The predicted molar refractivity (Wildman–Crippen MR) is 193 cm³/mol. The fourth-order valence-corrected chi connectivity index (χ4v) is 7.53. The number of rotatable bonds is 7. The van der Waals surface area contributed by atoms with E-state index in [2.05, 4.69) is 144 Å². The van der Waals surface area contributed by atoms with E-state index in [0.717, 1.165) is 30.9 Å². The molecule has 0 aliphatic heterocycles. The highest BCUT2D eigenvalue weighted by atomic mass is 32.1. The molecule has 6 aromatic rings. The molecule has 1 N–H and O–H groups in total. The van der Waals surface area contributed by atoms with Gasteiger partial charge in [-0.05, 0) is 84.5 Å². The van der Waals surface area contributed by atoms with Crippen molar-refractivity contribution in [3.8, 4) is 16.8 Å². The van der Waals surface area contributed by atoms with Crippen molar-refractivity contribution in [1.82, 2.24) is 9.88 Å². The fraction of sp³-hybridized carbons (Fsp3) is 0.125. The number of hydrogen-bond acceptors (Lipinski definition) is 2. The van der Waals surface area contributed by atoms with Crippen LogP contribution < -0.4 is 5.32 Å². The quantitative estimate of drug-likeness (QED) is 0.146. The number of thiophene rings is 1. The lowest BCUT2D eigenvalue weighted by atomic mass is 10.0. The second-order valence-corrected chi connectivity index (χ2v) is 12.2. The predicted octanol–water partition coefficient (Wildman–Crippen LogP) is 10.7. The maximum atomic E-state index is 4.51. The number of para-hydroxylation sites is 1. The molecule has 0 saturated carbocycles. The van der Waals surface area contributed by atoms with Gasteiger partial charge >= 0.3 is 0 Å². The number of fused-ring (bicyclic) bond motifs is 4. The lowest BCUT2D eigenvalue weighted by Crippen LogP contribution is -2.24. The van der Waals surface area contributed by atoms with Crippen LogP contribution in [0.25, 0.3) is 60.9 Å². The van der Waals surface area contributed by atoms with Gasteiger partial charge in [-0.2, -0.15) is 0 Å². The van der Waals surface area contributed by atoms with E-state index in [1.807, 2.05) is 24.5 Å². The minimum Gasteiger partial charge on any atom is -0.366 e. The van der Waals surface area contributed by atoms with Crippen molar-refractivity contribution >= 4 is 61.2 Å². The number of nitrogens with zero attached hydrogens (tertiary/aromatic N) is 2. The van der Waals surface area contributed by atoms with Crippen LogP contribution >= 0.6 is 11.3 Å². The Labute approximate surface area is 262 Å². The summed E-state index contributed by atoms with van der Waals surface area (Å²) in [4.78, 5) is 5.76. The van der Waals surface area contributed by atoms with Crippen molar-refractivity contribution in [3.05, 3.63) is 137 Å². The molecule has 4 heteroatoms. The molecule has 0 bridgehead atoms. The van der Waals surface area contributed by atoms with Crippen molar-refractivity contribution in [2.24, 2.45) is 4.99 Å². The van der Waals surface area contributed by atoms with Gasteiger partial charge < -0.3 is 9.88 Å². The summed E-state index contributed by atoms with van der Waals surface area (Å²) in [5, 5.41) is 7.34. The number of amidine groups is 1. The summed E-state index contributed by atoms with van der Waals surface area (Å²) in [6, 6.07) is 31.2. The molecule has 2 aromatic heterocycles. The minimum absolute atomic E-state index is 0.719. The Morgan fingerprint density at radius 1 is 0.909 bits per heavy atom. The first-order valence-corrected chi connectivity index (χ1v) is 16.0. The zero-order valence-corrected chi connectivity index (χ0v) is 26.0. The average molecular weight is 590 g/mol. The maximum absolute atomic E-state index is 4.51. The molecule has 7 rings (SSSR count). The van der Waals surface area contributed by atoms with E-state index >= 15 is 0 Å². The van der Waals surface area contributed by atoms with Crippen LogP contribution in [0.2, 0.25) is 0 Å². The number of benzene rings is 4. The van der Waals surface area contributed by atoms with E-state index in [-0.39, 0.29) is 0 Å². The Bertz CT molecular complexity index is 2170. The standard InChI is InChI=1S/C40H35N3S/c1-4-13-38-32(5-2)35-24-34-33-20-9-10-21-36(33)43(37(34)25-39(35)44-38)31-19-12-18-30(23-31)29-17-11-14-27(22-29)26-42-40(41-3)28-15-7-6-8-16-28/h4-5,7,9-25H,2,6,8,26H2,1,3H3,(H,41,42)/b13-4-. The Morgan fingerprint density at radius 2 is 1.75 bits per heavy atom. The average Bonchev–Trinajstić information content (AvgIpc) is 3.58. The second-order valence-electron chi connectivity index (χ2n) is 11.1. The van der Waals surface area contributed by atoms with Crippen molar-refractivity contribution in [2.45, 2.75) is 26.3 Å². The van der Waals surface area contributed by atoms with Crippen LogP contribution in [0.1, 0.15) is 35.8 Å². The smallest absolute Gasteiger partial charge is 0.127 e. The van der Waals surface area contributed by atoms with Gasteiger partial charge in [0.25, 0.3) is 0 Å². The van der Waals surface area contributed by atoms with Gasteiger partial charge in [-0.1, -0.05) is 85.5 Å². The summed E-state index contributed by atoms with van der Waals surface area (Å²) >= 11 is 1.83.